The molecule has 0 unspecified atom stereocenters. The largest absolute Gasteiger partial charge is 0.469 e. The van der Waals surface area contributed by atoms with Crippen molar-refractivity contribution in [2.45, 2.75) is 44.1 Å². The molecule has 1 aliphatic rings. The summed E-state index contributed by atoms with van der Waals surface area (Å²) >= 11 is 0. The Morgan fingerprint density at radius 3 is 2.31 bits per heavy atom. The van der Waals surface area contributed by atoms with E-state index in [0.29, 0.717) is 0 Å². The second kappa shape index (κ2) is 5.68. The van der Waals surface area contributed by atoms with Gasteiger partial charge in [-0.15, -0.1) is 0 Å². The lowest BCUT2D eigenvalue weighted by Crippen LogP contribution is -2.29. The molecule has 0 aromatic rings. The van der Waals surface area contributed by atoms with E-state index in [2.05, 4.69) is 11.3 Å². The minimum atomic E-state index is -0.493. The van der Waals surface area contributed by atoms with E-state index in [1.165, 1.54) is 7.11 Å². The van der Waals surface area contributed by atoms with Crippen LogP contribution in [-0.4, -0.2) is 24.6 Å². The van der Waals surface area contributed by atoms with Gasteiger partial charge in [-0.2, -0.15) is 0 Å². The summed E-state index contributed by atoms with van der Waals surface area (Å²) in [5, 5.41) is 0. The van der Waals surface area contributed by atoms with Crippen LogP contribution in [0, 0.1) is 0 Å². The zero-order chi connectivity index (χ0) is 12.0. The molecule has 0 saturated heterocycles. The molecule has 0 heterocycles. The van der Waals surface area contributed by atoms with Gasteiger partial charge in [0.25, 0.3) is 0 Å². The van der Waals surface area contributed by atoms with Crippen LogP contribution in [0.15, 0.2) is 12.7 Å². The van der Waals surface area contributed by atoms with Gasteiger partial charge < -0.3 is 9.47 Å². The van der Waals surface area contributed by atoms with E-state index in [0.717, 1.165) is 25.7 Å². The quantitative estimate of drug-likeness (QED) is 0.531. The van der Waals surface area contributed by atoms with Gasteiger partial charge in [-0.1, -0.05) is 6.58 Å². The molecule has 90 valence electrons. The zero-order valence-corrected chi connectivity index (χ0v) is 9.66. The monoisotopic (exact) mass is 226 g/mol. The first kappa shape index (κ1) is 12.7. The van der Waals surface area contributed by atoms with Crippen molar-refractivity contribution in [2.75, 3.05) is 7.11 Å². The summed E-state index contributed by atoms with van der Waals surface area (Å²) in [5.74, 6) is -0.747. The zero-order valence-electron chi connectivity index (χ0n) is 9.66. The van der Waals surface area contributed by atoms with E-state index in [1.54, 1.807) is 6.08 Å². The molecule has 1 fully saturated rings. The Morgan fingerprint density at radius 2 is 1.81 bits per heavy atom. The van der Waals surface area contributed by atoms with Crippen LogP contribution < -0.4 is 0 Å². The van der Waals surface area contributed by atoms with E-state index < -0.39 is 11.6 Å². The maximum Gasteiger partial charge on any atom is 0.307 e. The highest BCUT2D eigenvalue weighted by molar-refractivity contribution is 5.77. The molecule has 0 bridgehead atoms. The van der Waals surface area contributed by atoms with Crippen molar-refractivity contribution in [2.24, 2.45) is 0 Å². The highest BCUT2D eigenvalue weighted by Crippen LogP contribution is 2.34. The average molecular weight is 226 g/mol. The number of carbonyl (C=O) groups is 2. The maximum atomic E-state index is 11.5. The smallest absolute Gasteiger partial charge is 0.307 e. The second-order valence-corrected chi connectivity index (χ2v) is 4.03. The van der Waals surface area contributed by atoms with Crippen molar-refractivity contribution in [1.29, 1.82) is 0 Å². The van der Waals surface area contributed by atoms with Gasteiger partial charge in [0.2, 0.25) is 0 Å². The molecule has 0 spiro atoms. The molecule has 1 rings (SSSR count). The van der Waals surface area contributed by atoms with Crippen LogP contribution in [0.1, 0.15) is 38.5 Å². The topological polar surface area (TPSA) is 52.6 Å². The Balaban J connectivity index is 2.38. The number of hydrogen-bond acceptors (Lipinski definition) is 4. The first-order valence-electron chi connectivity index (χ1n) is 5.54. The van der Waals surface area contributed by atoms with Gasteiger partial charge >= 0.3 is 11.9 Å². The molecule has 1 aliphatic carbocycles. The van der Waals surface area contributed by atoms with Crippen LogP contribution >= 0.6 is 0 Å². The Bertz CT molecular complexity index is 277. The molecule has 0 N–H and O–H groups in total. The fourth-order valence-electron chi connectivity index (χ4n) is 1.91. The summed E-state index contributed by atoms with van der Waals surface area (Å²) in [4.78, 5) is 22.4. The van der Waals surface area contributed by atoms with Gasteiger partial charge in [0.05, 0.1) is 20.0 Å². The molecule has 0 amide bonds. The molecule has 16 heavy (non-hydrogen) atoms. The lowest BCUT2D eigenvalue weighted by Gasteiger charge is -2.24. The normalized spacial score (nSPS) is 17.8. The van der Waals surface area contributed by atoms with Gasteiger partial charge in [0.15, 0.2) is 0 Å². The van der Waals surface area contributed by atoms with Gasteiger partial charge in [-0.05, 0) is 31.8 Å². The summed E-state index contributed by atoms with van der Waals surface area (Å²) in [5.41, 5.74) is -0.493. The molecular weight excluding hydrogens is 208 g/mol. The number of carbonyl (C=O) groups excluding carboxylic acids is 2. The van der Waals surface area contributed by atoms with E-state index in [-0.39, 0.29) is 18.8 Å². The molecule has 0 aromatic carbocycles. The molecule has 4 heteroatoms. The lowest BCUT2D eigenvalue weighted by atomic mass is 10.0. The molecule has 0 atom stereocenters. The number of hydrogen-bond donors (Lipinski definition) is 0. The van der Waals surface area contributed by atoms with Gasteiger partial charge in [-0.3, -0.25) is 9.59 Å². The van der Waals surface area contributed by atoms with Crippen LogP contribution in [-0.2, 0) is 19.1 Å². The molecule has 0 aromatic heterocycles. The number of esters is 2. The average Bonchev–Trinajstić information content (AvgIpc) is 2.75. The van der Waals surface area contributed by atoms with E-state index in [9.17, 15) is 9.59 Å². The predicted molar refractivity (Wildman–Crippen MR) is 58.7 cm³/mol. The Kier molecular flexibility index (Phi) is 4.52. The number of ether oxygens (including phenoxy) is 2. The third-order valence-electron chi connectivity index (χ3n) is 2.90. The van der Waals surface area contributed by atoms with Crippen molar-refractivity contribution in [3.63, 3.8) is 0 Å². The van der Waals surface area contributed by atoms with Gasteiger partial charge in [0, 0.05) is 0 Å². The minimum absolute atomic E-state index is 0.0717. The third kappa shape index (κ3) is 3.36. The summed E-state index contributed by atoms with van der Waals surface area (Å²) in [7, 11) is 1.30. The fraction of sp³-hybridized carbons (Fsp3) is 0.667. The second-order valence-electron chi connectivity index (χ2n) is 4.03. The summed E-state index contributed by atoms with van der Waals surface area (Å²) < 4.78 is 9.83. The van der Waals surface area contributed by atoms with Crippen molar-refractivity contribution >= 4 is 11.9 Å². The number of methoxy groups -OCH3 is 1. The molecule has 0 aliphatic heterocycles. The van der Waals surface area contributed by atoms with Crippen LogP contribution in [0.3, 0.4) is 0 Å². The Labute approximate surface area is 95.6 Å². The van der Waals surface area contributed by atoms with E-state index in [1.807, 2.05) is 0 Å². The van der Waals surface area contributed by atoms with Crippen LogP contribution in [0.5, 0.6) is 0 Å². The Hall–Kier alpha value is -1.32. The minimum Gasteiger partial charge on any atom is -0.469 e. The summed E-state index contributed by atoms with van der Waals surface area (Å²) in [6.45, 7) is 3.71. The van der Waals surface area contributed by atoms with Crippen LogP contribution in [0.25, 0.3) is 0 Å². The predicted octanol–water partition coefficient (Wildman–Crippen LogP) is 1.98. The highest BCUT2D eigenvalue weighted by atomic mass is 16.6. The molecular formula is C12H18O4. The highest BCUT2D eigenvalue weighted by Gasteiger charge is 2.34. The van der Waals surface area contributed by atoms with E-state index >= 15 is 0 Å². The Morgan fingerprint density at radius 1 is 1.25 bits per heavy atom. The van der Waals surface area contributed by atoms with Crippen LogP contribution in [0.2, 0.25) is 0 Å². The molecule has 1 saturated carbocycles. The van der Waals surface area contributed by atoms with Gasteiger partial charge in [0.1, 0.15) is 5.60 Å². The molecule has 4 nitrogen and oxygen atoms in total. The number of rotatable bonds is 5. The van der Waals surface area contributed by atoms with Crippen molar-refractivity contribution < 1.29 is 19.1 Å². The summed E-state index contributed by atoms with van der Waals surface area (Å²) in [6, 6.07) is 0. The van der Waals surface area contributed by atoms with Crippen LogP contribution in [0.4, 0.5) is 0 Å². The molecule has 0 radical (unpaired) electrons. The SMILES string of the molecule is C=CC1(OC(=O)CCC(=O)OC)CCCC1. The van der Waals surface area contributed by atoms with Crippen molar-refractivity contribution in [3.05, 3.63) is 12.7 Å². The third-order valence-corrected chi connectivity index (χ3v) is 2.90. The van der Waals surface area contributed by atoms with E-state index in [4.69, 9.17) is 4.74 Å². The van der Waals surface area contributed by atoms with Crippen molar-refractivity contribution in [1.82, 2.24) is 0 Å². The standard InChI is InChI=1S/C12H18O4/c1-3-12(8-4-5-9-12)16-11(14)7-6-10(13)15-2/h3H,1,4-9H2,2H3. The lowest BCUT2D eigenvalue weighted by molar-refractivity contribution is -0.157. The summed E-state index contributed by atoms with van der Waals surface area (Å²) in [6.07, 6.45) is 5.62. The maximum absolute atomic E-state index is 11.5. The fourth-order valence-corrected chi connectivity index (χ4v) is 1.91. The first-order valence-corrected chi connectivity index (χ1v) is 5.54. The first-order chi connectivity index (χ1) is 7.62. The van der Waals surface area contributed by atoms with Crippen molar-refractivity contribution in [3.8, 4) is 0 Å². The van der Waals surface area contributed by atoms with Gasteiger partial charge in [-0.25, -0.2) is 0 Å².